The van der Waals surface area contributed by atoms with Crippen molar-refractivity contribution in [1.82, 2.24) is 15.1 Å². The van der Waals surface area contributed by atoms with Gasteiger partial charge < -0.3 is 10.3 Å². The first kappa shape index (κ1) is 13.8. The van der Waals surface area contributed by atoms with Crippen molar-refractivity contribution in [1.29, 1.82) is 0 Å². The van der Waals surface area contributed by atoms with Gasteiger partial charge in [-0.05, 0) is 18.6 Å². The first-order valence-corrected chi connectivity index (χ1v) is 7.29. The van der Waals surface area contributed by atoms with Crippen LogP contribution in [0.4, 0.5) is 4.39 Å². The van der Waals surface area contributed by atoms with Crippen LogP contribution < -0.4 is 5.73 Å². The van der Waals surface area contributed by atoms with E-state index in [0.717, 1.165) is 5.01 Å². The SMILES string of the molecule is CC(N)c1nc(-c2nc(Cc3ccccc3F)no2)cs1. The maximum atomic E-state index is 13.6. The molecule has 7 heteroatoms. The molecule has 1 aromatic carbocycles. The van der Waals surface area contributed by atoms with Crippen molar-refractivity contribution in [3.8, 4) is 11.6 Å². The normalized spacial score (nSPS) is 12.5. The Morgan fingerprint density at radius 3 is 2.86 bits per heavy atom. The van der Waals surface area contributed by atoms with E-state index < -0.39 is 0 Å². The summed E-state index contributed by atoms with van der Waals surface area (Å²) in [5.41, 5.74) is 6.89. The Morgan fingerprint density at radius 1 is 1.33 bits per heavy atom. The van der Waals surface area contributed by atoms with E-state index in [1.807, 2.05) is 12.3 Å². The summed E-state index contributed by atoms with van der Waals surface area (Å²) in [6.07, 6.45) is 0.278. The fraction of sp³-hybridized carbons (Fsp3) is 0.214. The average molecular weight is 304 g/mol. The van der Waals surface area contributed by atoms with Gasteiger partial charge in [0.15, 0.2) is 5.82 Å². The number of rotatable bonds is 4. The van der Waals surface area contributed by atoms with E-state index in [2.05, 4.69) is 15.1 Å². The Labute approximate surface area is 124 Å². The monoisotopic (exact) mass is 304 g/mol. The van der Waals surface area contributed by atoms with E-state index in [1.54, 1.807) is 18.2 Å². The molecule has 0 aliphatic heterocycles. The van der Waals surface area contributed by atoms with Gasteiger partial charge in [0, 0.05) is 11.8 Å². The maximum absolute atomic E-state index is 13.6. The molecule has 5 nitrogen and oxygen atoms in total. The molecular formula is C14H13FN4OS. The molecule has 0 saturated heterocycles. The van der Waals surface area contributed by atoms with E-state index in [-0.39, 0.29) is 18.3 Å². The van der Waals surface area contributed by atoms with E-state index in [4.69, 9.17) is 10.3 Å². The highest BCUT2D eigenvalue weighted by molar-refractivity contribution is 7.10. The van der Waals surface area contributed by atoms with Gasteiger partial charge in [-0.25, -0.2) is 9.37 Å². The molecule has 0 radical (unpaired) electrons. The van der Waals surface area contributed by atoms with Gasteiger partial charge in [0.1, 0.15) is 16.5 Å². The first-order chi connectivity index (χ1) is 10.1. The van der Waals surface area contributed by atoms with Crippen molar-refractivity contribution in [3.63, 3.8) is 0 Å². The second kappa shape index (κ2) is 5.71. The lowest BCUT2D eigenvalue weighted by Crippen LogP contribution is -2.03. The third-order valence-corrected chi connectivity index (χ3v) is 3.95. The summed E-state index contributed by atoms with van der Waals surface area (Å²) in [7, 11) is 0. The molecule has 2 aromatic heterocycles. The molecule has 0 fully saturated rings. The van der Waals surface area contributed by atoms with Crippen LogP contribution in [0.15, 0.2) is 34.2 Å². The van der Waals surface area contributed by atoms with Crippen LogP contribution in [-0.2, 0) is 6.42 Å². The Kier molecular flexibility index (Phi) is 3.76. The molecule has 0 spiro atoms. The van der Waals surface area contributed by atoms with E-state index in [9.17, 15) is 4.39 Å². The zero-order chi connectivity index (χ0) is 14.8. The molecule has 1 unspecified atom stereocenters. The molecule has 21 heavy (non-hydrogen) atoms. The molecule has 0 saturated carbocycles. The van der Waals surface area contributed by atoms with Crippen LogP contribution in [-0.4, -0.2) is 15.1 Å². The molecule has 2 N–H and O–H groups in total. The third-order valence-electron chi connectivity index (χ3n) is 2.91. The lowest BCUT2D eigenvalue weighted by Gasteiger charge is -1.97. The van der Waals surface area contributed by atoms with Crippen molar-refractivity contribution >= 4 is 11.3 Å². The number of benzene rings is 1. The smallest absolute Gasteiger partial charge is 0.277 e. The number of nitrogens with zero attached hydrogens (tertiary/aromatic N) is 3. The van der Waals surface area contributed by atoms with Crippen LogP contribution in [0.3, 0.4) is 0 Å². The molecular weight excluding hydrogens is 291 g/mol. The summed E-state index contributed by atoms with van der Waals surface area (Å²) in [6, 6.07) is 6.39. The number of thiazole rings is 1. The molecule has 0 aliphatic rings. The van der Waals surface area contributed by atoms with Crippen molar-refractivity contribution < 1.29 is 8.91 Å². The van der Waals surface area contributed by atoms with Crippen molar-refractivity contribution in [2.24, 2.45) is 5.73 Å². The summed E-state index contributed by atoms with van der Waals surface area (Å²) in [5, 5.41) is 6.49. The second-order valence-corrected chi connectivity index (χ2v) is 5.53. The number of aromatic nitrogens is 3. The van der Waals surface area contributed by atoms with E-state index in [0.29, 0.717) is 23.0 Å². The van der Waals surface area contributed by atoms with Gasteiger partial charge >= 0.3 is 0 Å². The van der Waals surface area contributed by atoms with Gasteiger partial charge in [-0.15, -0.1) is 11.3 Å². The lowest BCUT2D eigenvalue weighted by atomic mass is 10.1. The molecule has 108 valence electrons. The zero-order valence-corrected chi connectivity index (χ0v) is 12.1. The average Bonchev–Trinajstić information content (AvgIpc) is 3.10. The summed E-state index contributed by atoms with van der Waals surface area (Å²) in [6.45, 7) is 1.86. The maximum Gasteiger partial charge on any atom is 0.277 e. The summed E-state index contributed by atoms with van der Waals surface area (Å²) in [4.78, 5) is 8.59. The third kappa shape index (κ3) is 2.98. The van der Waals surface area contributed by atoms with E-state index >= 15 is 0 Å². The molecule has 2 heterocycles. The molecule has 0 bridgehead atoms. The van der Waals surface area contributed by atoms with Crippen molar-refractivity contribution in [3.05, 3.63) is 51.9 Å². The van der Waals surface area contributed by atoms with Crippen molar-refractivity contribution in [2.75, 3.05) is 0 Å². The zero-order valence-electron chi connectivity index (χ0n) is 11.3. The van der Waals surface area contributed by atoms with Gasteiger partial charge in [0.25, 0.3) is 5.89 Å². The molecule has 0 amide bonds. The highest BCUT2D eigenvalue weighted by atomic mass is 32.1. The highest BCUT2D eigenvalue weighted by Gasteiger charge is 2.15. The van der Waals surface area contributed by atoms with Gasteiger partial charge in [-0.3, -0.25) is 0 Å². The minimum atomic E-state index is -0.281. The van der Waals surface area contributed by atoms with Crippen LogP contribution in [0.2, 0.25) is 0 Å². The highest BCUT2D eigenvalue weighted by Crippen LogP contribution is 2.23. The molecule has 1 atom stereocenters. The topological polar surface area (TPSA) is 77.8 Å². The molecule has 0 aliphatic carbocycles. The van der Waals surface area contributed by atoms with Crippen LogP contribution in [0.1, 0.15) is 29.4 Å². The van der Waals surface area contributed by atoms with Crippen LogP contribution >= 0.6 is 11.3 Å². The summed E-state index contributed by atoms with van der Waals surface area (Å²) < 4.78 is 18.8. The Bertz CT molecular complexity index is 753. The van der Waals surface area contributed by atoms with Crippen LogP contribution in [0.25, 0.3) is 11.6 Å². The first-order valence-electron chi connectivity index (χ1n) is 6.41. The Hall–Kier alpha value is -2.12. The van der Waals surface area contributed by atoms with Gasteiger partial charge in [0.2, 0.25) is 0 Å². The van der Waals surface area contributed by atoms with Gasteiger partial charge in [-0.1, -0.05) is 23.4 Å². The van der Waals surface area contributed by atoms with Crippen molar-refractivity contribution in [2.45, 2.75) is 19.4 Å². The number of hydrogen-bond donors (Lipinski definition) is 1. The fourth-order valence-electron chi connectivity index (χ4n) is 1.84. The molecule has 3 rings (SSSR count). The minimum Gasteiger partial charge on any atom is -0.332 e. The predicted octanol–water partition coefficient (Wildman–Crippen LogP) is 2.94. The number of hydrogen-bond acceptors (Lipinski definition) is 6. The fourth-order valence-corrected chi connectivity index (χ4v) is 2.59. The quantitative estimate of drug-likeness (QED) is 0.801. The lowest BCUT2D eigenvalue weighted by molar-refractivity contribution is 0.422. The Balaban J connectivity index is 1.81. The van der Waals surface area contributed by atoms with Gasteiger partial charge in [0.05, 0.1) is 6.04 Å². The summed E-state index contributed by atoms with van der Waals surface area (Å²) >= 11 is 1.44. The minimum absolute atomic E-state index is 0.135. The molecule has 3 aromatic rings. The second-order valence-electron chi connectivity index (χ2n) is 4.64. The standard InChI is InChI=1S/C14H13FN4OS/c1-8(16)14-17-11(7-21-14)13-18-12(19-20-13)6-9-4-2-3-5-10(9)15/h2-5,7-8H,6,16H2,1H3. The van der Waals surface area contributed by atoms with Crippen LogP contribution in [0, 0.1) is 5.82 Å². The summed E-state index contributed by atoms with van der Waals surface area (Å²) in [5.74, 6) is 0.465. The predicted molar refractivity (Wildman–Crippen MR) is 77.2 cm³/mol. The number of nitrogens with two attached hydrogens (primary N) is 1. The number of halogens is 1. The van der Waals surface area contributed by atoms with Gasteiger partial charge in [-0.2, -0.15) is 4.98 Å². The Morgan fingerprint density at radius 2 is 2.14 bits per heavy atom. The van der Waals surface area contributed by atoms with Crippen LogP contribution in [0.5, 0.6) is 0 Å². The van der Waals surface area contributed by atoms with E-state index in [1.165, 1.54) is 17.4 Å². The largest absolute Gasteiger partial charge is 0.332 e.